The zero-order chi connectivity index (χ0) is 23.8. The Bertz CT molecular complexity index is 1390. The lowest BCUT2D eigenvalue weighted by Gasteiger charge is -2.23. The molecule has 0 saturated carbocycles. The maximum atomic E-state index is 14.0. The van der Waals surface area contributed by atoms with Crippen LogP contribution in [0.25, 0.3) is 10.4 Å². The molecular formula is C27H20F2N2O2S. The number of hydrogen-bond acceptors (Lipinski definition) is 3. The number of nitrogens with one attached hydrogen (secondary N) is 1. The van der Waals surface area contributed by atoms with Crippen molar-refractivity contribution in [2.45, 2.75) is 13.3 Å². The van der Waals surface area contributed by atoms with Gasteiger partial charge >= 0.3 is 0 Å². The highest BCUT2D eigenvalue weighted by Crippen LogP contribution is 2.42. The number of para-hydroxylation sites is 2. The van der Waals surface area contributed by atoms with Gasteiger partial charge < -0.3 is 10.2 Å². The van der Waals surface area contributed by atoms with Gasteiger partial charge in [-0.25, -0.2) is 8.78 Å². The van der Waals surface area contributed by atoms with Gasteiger partial charge in [-0.1, -0.05) is 42.0 Å². The highest BCUT2D eigenvalue weighted by molar-refractivity contribution is 7.17. The molecule has 0 bridgehead atoms. The third-order valence-corrected chi connectivity index (χ3v) is 7.03. The maximum Gasteiger partial charge on any atom is 0.265 e. The molecule has 0 radical (unpaired) electrons. The first-order valence-electron chi connectivity index (χ1n) is 10.8. The Balaban J connectivity index is 1.49. The second-order valence-electron chi connectivity index (χ2n) is 8.11. The molecule has 2 amide bonds. The minimum Gasteiger partial charge on any atom is -0.316 e. The topological polar surface area (TPSA) is 49.4 Å². The number of benzene rings is 3. The van der Waals surface area contributed by atoms with Gasteiger partial charge in [0.05, 0.1) is 10.6 Å². The monoisotopic (exact) mass is 474 g/mol. The van der Waals surface area contributed by atoms with E-state index in [1.165, 1.54) is 17.4 Å². The Morgan fingerprint density at radius 3 is 2.38 bits per heavy atom. The van der Waals surface area contributed by atoms with E-state index in [2.05, 4.69) is 5.32 Å². The molecule has 0 unspecified atom stereocenters. The molecular weight excluding hydrogens is 454 g/mol. The minimum absolute atomic E-state index is 0.0874. The number of thiophene rings is 1. The van der Waals surface area contributed by atoms with Crippen LogP contribution >= 0.6 is 11.3 Å². The number of anilines is 2. The lowest BCUT2D eigenvalue weighted by atomic mass is 10.1. The van der Waals surface area contributed by atoms with Gasteiger partial charge in [-0.15, -0.1) is 11.3 Å². The normalized spacial score (nSPS) is 12.5. The molecule has 4 aromatic rings. The summed E-state index contributed by atoms with van der Waals surface area (Å²) < 4.78 is 28.0. The van der Waals surface area contributed by atoms with Crippen molar-refractivity contribution in [3.05, 3.63) is 106 Å². The van der Waals surface area contributed by atoms with E-state index in [-0.39, 0.29) is 5.91 Å². The van der Waals surface area contributed by atoms with Crippen LogP contribution in [0.3, 0.4) is 0 Å². The molecule has 170 valence electrons. The van der Waals surface area contributed by atoms with Crippen molar-refractivity contribution in [2.24, 2.45) is 0 Å². The Hall–Kier alpha value is -3.84. The summed E-state index contributed by atoms with van der Waals surface area (Å²) in [5.74, 6) is -2.33. The molecule has 7 heteroatoms. The third-order valence-electron chi connectivity index (χ3n) is 5.82. The molecule has 34 heavy (non-hydrogen) atoms. The van der Waals surface area contributed by atoms with Gasteiger partial charge in [0.25, 0.3) is 11.8 Å². The van der Waals surface area contributed by atoms with Crippen molar-refractivity contribution < 1.29 is 18.4 Å². The quantitative estimate of drug-likeness (QED) is 0.371. The standard InChI is InChI=1S/C27H20F2N2O2S/c1-16-9-11-17(12-10-16)27(33)31-14-13-18-15-23(34-25(18)19-5-2-3-8-22(19)31)26(32)30-24-20(28)6-4-7-21(24)29/h2-12,15H,13-14H2,1H3,(H,30,32). The SMILES string of the molecule is Cc1ccc(C(=O)N2CCc3cc(C(=O)Nc4c(F)cccc4F)sc3-c3ccccc32)cc1. The van der Waals surface area contributed by atoms with Gasteiger partial charge in [-0.05, 0) is 55.3 Å². The van der Waals surface area contributed by atoms with E-state index in [1.54, 1.807) is 11.0 Å². The Morgan fingerprint density at radius 2 is 1.65 bits per heavy atom. The molecule has 0 saturated heterocycles. The van der Waals surface area contributed by atoms with Crippen LogP contribution in [0, 0.1) is 18.6 Å². The summed E-state index contributed by atoms with van der Waals surface area (Å²) in [6.07, 6.45) is 0.541. The number of rotatable bonds is 3. The summed E-state index contributed by atoms with van der Waals surface area (Å²) in [4.78, 5) is 29.1. The lowest BCUT2D eigenvalue weighted by Crippen LogP contribution is -2.32. The molecule has 4 nitrogen and oxygen atoms in total. The van der Waals surface area contributed by atoms with Crippen LogP contribution in [0.2, 0.25) is 0 Å². The molecule has 1 N–H and O–H groups in total. The fourth-order valence-electron chi connectivity index (χ4n) is 4.06. The van der Waals surface area contributed by atoms with Crippen LogP contribution in [-0.2, 0) is 6.42 Å². The number of halogens is 2. The van der Waals surface area contributed by atoms with E-state index in [0.29, 0.717) is 23.4 Å². The number of amides is 2. The highest BCUT2D eigenvalue weighted by atomic mass is 32.1. The Labute approximate surface area is 199 Å². The van der Waals surface area contributed by atoms with Gasteiger partial charge in [-0.3, -0.25) is 9.59 Å². The van der Waals surface area contributed by atoms with Crippen molar-refractivity contribution in [3.63, 3.8) is 0 Å². The summed E-state index contributed by atoms with van der Waals surface area (Å²) in [5.41, 5.74) is 3.74. The van der Waals surface area contributed by atoms with Crippen molar-refractivity contribution in [1.82, 2.24) is 0 Å². The number of hydrogen-bond donors (Lipinski definition) is 1. The largest absolute Gasteiger partial charge is 0.316 e. The van der Waals surface area contributed by atoms with Gasteiger partial charge in [0, 0.05) is 22.5 Å². The predicted octanol–water partition coefficient (Wildman–Crippen LogP) is 6.46. The van der Waals surface area contributed by atoms with Crippen LogP contribution in [0.15, 0.2) is 72.8 Å². The number of aryl methyl sites for hydroxylation is 1. The summed E-state index contributed by atoms with van der Waals surface area (Å²) >= 11 is 1.25. The molecule has 1 aliphatic rings. The van der Waals surface area contributed by atoms with E-state index in [4.69, 9.17) is 0 Å². The van der Waals surface area contributed by atoms with E-state index in [9.17, 15) is 18.4 Å². The van der Waals surface area contributed by atoms with Crippen LogP contribution in [-0.4, -0.2) is 18.4 Å². The van der Waals surface area contributed by atoms with Crippen molar-refractivity contribution >= 4 is 34.5 Å². The van der Waals surface area contributed by atoms with Crippen LogP contribution in [0.1, 0.15) is 31.2 Å². The van der Waals surface area contributed by atoms with Crippen molar-refractivity contribution in [1.29, 1.82) is 0 Å². The van der Waals surface area contributed by atoms with Crippen molar-refractivity contribution in [2.75, 3.05) is 16.8 Å². The van der Waals surface area contributed by atoms with Gasteiger partial charge in [-0.2, -0.15) is 0 Å². The van der Waals surface area contributed by atoms with Crippen LogP contribution in [0.4, 0.5) is 20.2 Å². The fourth-order valence-corrected chi connectivity index (χ4v) is 5.20. The maximum absolute atomic E-state index is 14.0. The van der Waals surface area contributed by atoms with E-state index < -0.39 is 23.2 Å². The number of nitrogens with zero attached hydrogens (tertiary/aromatic N) is 1. The molecule has 2 heterocycles. The average Bonchev–Trinajstić information content (AvgIpc) is 3.20. The minimum atomic E-state index is -0.831. The first-order chi connectivity index (χ1) is 16.4. The number of carbonyl (C=O) groups is 2. The van der Waals surface area contributed by atoms with Gasteiger partial charge in [0.2, 0.25) is 0 Å². The zero-order valence-electron chi connectivity index (χ0n) is 18.3. The van der Waals surface area contributed by atoms with E-state index in [0.717, 1.165) is 39.4 Å². The molecule has 3 aromatic carbocycles. The molecule has 1 aromatic heterocycles. The smallest absolute Gasteiger partial charge is 0.265 e. The van der Waals surface area contributed by atoms with Crippen molar-refractivity contribution in [3.8, 4) is 10.4 Å². The van der Waals surface area contributed by atoms with E-state index >= 15 is 0 Å². The molecule has 0 aliphatic carbocycles. The molecule has 1 aliphatic heterocycles. The Morgan fingerprint density at radius 1 is 0.941 bits per heavy atom. The molecule has 0 atom stereocenters. The lowest BCUT2D eigenvalue weighted by molar-refractivity contribution is 0.0985. The highest BCUT2D eigenvalue weighted by Gasteiger charge is 2.27. The van der Waals surface area contributed by atoms with Gasteiger partial charge in [0.1, 0.15) is 17.3 Å². The molecule has 0 spiro atoms. The number of fused-ring (bicyclic) bond motifs is 3. The number of carbonyl (C=O) groups excluding carboxylic acids is 2. The predicted molar refractivity (Wildman–Crippen MR) is 131 cm³/mol. The fraction of sp³-hybridized carbons (Fsp3) is 0.111. The second-order valence-corrected chi connectivity index (χ2v) is 9.16. The second kappa shape index (κ2) is 8.83. The first kappa shape index (κ1) is 22.0. The van der Waals surface area contributed by atoms with Gasteiger partial charge in [0.15, 0.2) is 0 Å². The van der Waals surface area contributed by atoms with Crippen LogP contribution < -0.4 is 10.2 Å². The summed E-state index contributed by atoms with van der Waals surface area (Å²) in [7, 11) is 0. The third kappa shape index (κ3) is 3.99. The summed E-state index contributed by atoms with van der Waals surface area (Å²) in [5, 5.41) is 2.35. The zero-order valence-corrected chi connectivity index (χ0v) is 19.1. The molecule has 5 rings (SSSR count). The van der Waals surface area contributed by atoms with E-state index in [1.807, 2.05) is 55.5 Å². The summed E-state index contributed by atoms with van der Waals surface area (Å²) in [6.45, 7) is 2.41. The first-order valence-corrected chi connectivity index (χ1v) is 11.6. The average molecular weight is 475 g/mol. The van der Waals surface area contributed by atoms with Crippen LogP contribution in [0.5, 0.6) is 0 Å². The summed E-state index contributed by atoms with van der Waals surface area (Å²) in [6, 6.07) is 20.2. The Kier molecular flexibility index (Phi) is 5.71. The molecule has 0 fully saturated rings.